The van der Waals surface area contributed by atoms with E-state index in [9.17, 15) is 9.90 Å². The highest BCUT2D eigenvalue weighted by Gasteiger charge is 2.45. The lowest BCUT2D eigenvalue weighted by atomic mass is 9.65. The molecule has 0 saturated carbocycles. The van der Waals surface area contributed by atoms with Gasteiger partial charge in [-0.25, -0.2) is 4.79 Å². The number of carbonyl (C=O) groups is 1. The fourth-order valence-electron chi connectivity index (χ4n) is 4.33. The van der Waals surface area contributed by atoms with Crippen molar-refractivity contribution >= 4 is 6.09 Å². The molecule has 0 bridgehead atoms. The molecule has 1 aromatic carbocycles. The molecule has 1 amide bonds. The molecular formula is C21H32N2O3. The summed E-state index contributed by atoms with van der Waals surface area (Å²) in [7, 11) is 0. The van der Waals surface area contributed by atoms with Crippen LogP contribution in [0.2, 0.25) is 0 Å². The highest BCUT2D eigenvalue weighted by Crippen LogP contribution is 2.43. The van der Waals surface area contributed by atoms with E-state index in [0.29, 0.717) is 24.3 Å². The smallest absolute Gasteiger partial charge is 0.410 e. The minimum atomic E-state index is -0.467. The summed E-state index contributed by atoms with van der Waals surface area (Å²) in [6.45, 7) is 13.6. The molecule has 1 N–H and O–H groups in total. The molecule has 0 aromatic heterocycles. The van der Waals surface area contributed by atoms with Crippen LogP contribution in [0.1, 0.15) is 46.6 Å². The first-order valence-corrected chi connectivity index (χ1v) is 9.60. The van der Waals surface area contributed by atoms with Crippen LogP contribution in [0, 0.1) is 5.92 Å². The van der Waals surface area contributed by atoms with E-state index in [1.54, 1.807) is 6.07 Å². The third kappa shape index (κ3) is 3.83. The molecule has 3 rings (SSSR count). The standard InChI is InChI=1S/C21H32N2O3/c1-15-13-22-9-10-23(19(25)26-20(2,3)4)14-17(22)12-21(15,5)16-7-6-8-18(24)11-16/h6-8,11,15,17,24H,9-10,12-14H2,1-5H3/t15?,17?,21-/m1/s1. The number of aromatic hydroxyl groups is 1. The van der Waals surface area contributed by atoms with Crippen LogP contribution in [0.3, 0.4) is 0 Å². The largest absolute Gasteiger partial charge is 0.508 e. The Kier molecular flexibility index (Phi) is 4.95. The lowest BCUT2D eigenvalue weighted by Gasteiger charge is -2.53. The van der Waals surface area contributed by atoms with Crippen molar-refractivity contribution in [3.05, 3.63) is 29.8 Å². The van der Waals surface area contributed by atoms with Crippen LogP contribution in [0.15, 0.2) is 24.3 Å². The summed E-state index contributed by atoms with van der Waals surface area (Å²) in [5.74, 6) is 0.797. The molecule has 5 heteroatoms. The Bertz CT molecular complexity index is 669. The average molecular weight is 360 g/mol. The zero-order chi connectivity index (χ0) is 19.1. The van der Waals surface area contributed by atoms with Crippen molar-refractivity contribution in [2.45, 2.75) is 58.1 Å². The van der Waals surface area contributed by atoms with Gasteiger partial charge in [0.05, 0.1) is 0 Å². The SMILES string of the molecule is CC1CN2CCN(C(=O)OC(C)(C)C)CC2C[C@@]1(C)c1cccc(O)c1. The van der Waals surface area contributed by atoms with Crippen LogP contribution >= 0.6 is 0 Å². The molecule has 3 atom stereocenters. The normalized spacial score (nSPS) is 30.0. The van der Waals surface area contributed by atoms with Crippen LogP contribution in [-0.2, 0) is 10.2 Å². The third-order valence-electron chi connectivity index (χ3n) is 6.02. The second-order valence-electron chi connectivity index (χ2n) is 9.15. The summed E-state index contributed by atoms with van der Waals surface area (Å²) in [4.78, 5) is 16.8. The Balaban J connectivity index is 1.76. The maximum atomic E-state index is 12.5. The minimum absolute atomic E-state index is 0.0170. The number of carbonyl (C=O) groups excluding carboxylic acids is 1. The number of nitrogens with zero attached hydrogens (tertiary/aromatic N) is 2. The molecule has 2 aliphatic heterocycles. The Hall–Kier alpha value is -1.75. The third-order valence-corrected chi connectivity index (χ3v) is 6.02. The molecule has 2 saturated heterocycles. The average Bonchev–Trinajstić information content (AvgIpc) is 2.54. The number of benzene rings is 1. The van der Waals surface area contributed by atoms with Gasteiger partial charge in [-0.1, -0.05) is 26.0 Å². The first-order valence-electron chi connectivity index (χ1n) is 9.60. The zero-order valence-corrected chi connectivity index (χ0v) is 16.7. The predicted octanol–water partition coefficient (Wildman–Crippen LogP) is 3.61. The minimum Gasteiger partial charge on any atom is -0.508 e. The Morgan fingerprint density at radius 3 is 2.65 bits per heavy atom. The summed E-state index contributed by atoms with van der Waals surface area (Å²) in [6.07, 6.45) is 0.756. The number of fused-ring (bicyclic) bond motifs is 1. The molecule has 2 heterocycles. The molecule has 2 unspecified atom stereocenters. The quantitative estimate of drug-likeness (QED) is 0.831. The van der Waals surface area contributed by atoms with Crippen molar-refractivity contribution in [1.29, 1.82) is 0 Å². The molecule has 26 heavy (non-hydrogen) atoms. The maximum Gasteiger partial charge on any atom is 0.410 e. The van der Waals surface area contributed by atoms with E-state index in [1.165, 1.54) is 5.56 Å². The molecule has 5 nitrogen and oxygen atoms in total. The number of hydrogen-bond donors (Lipinski definition) is 1. The first-order chi connectivity index (χ1) is 12.1. The summed E-state index contributed by atoms with van der Waals surface area (Å²) in [6, 6.07) is 7.96. The number of phenols is 1. The van der Waals surface area contributed by atoms with Gasteiger partial charge in [0.1, 0.15) is 11.4 Å². The van der Waals surface area contributed by atoms with Crippen LogP contribution in [0.25, 0.3) is 0 Å². The number of ether oxygens (including phenoxy) is 1. The van der Waals surface area contributed by atoms with Gasteiger partial charge in [-0.2, -0.15) is 0 Å². The van der Waals surface area contributed by atoms with Crippen LogP contribution in [-0.4, -0.2) is 58.8 Å². The fraction of sp³-hybridized carbons (Fsp3) is 0.667. The number of piperidine rings is 1. The Morgan fingerprint density at radius 1 is 1.27 bits per heavy atom. The van der Waals surface area contributed by atoms with E-state index in [4.69, 9.17) is 4.74 Å². The second kappa shape index (κ2) is 6.76. The molecule has 0 spiro atoms. The van der Waals surface area contributed by atoms with E-state index in [2.05, 4.69) is 24.8 Å². The van der Waals surface area contributed by atoms with E-state index < -0.39 is 5.60 Å². The van der Waals surface area contributed by atoms with Crippen LogP contribution in [0.5, 0.6) is 5.75 Å². The monoisotopic (exact) mass is 360 g/mol. The molecule has 2 fully saturated rings. The fourth-order valence-corrected chi connectivity index (χ4v) is 4.33. The van der Waals surface area contributed by atoms with Crippen molar-refractivity contribution in [1.82, 2.24) is 9.80 Å². The van der Waals surface area contributed by atoms with Crippen molar-refractivity contribution in [3.8, 4) is 5.75 Å². The van der Waals surface area contributed by atoms with Crippen molar-refractivity contribution in [2.24, 2.45) is 5.92 Å². The summed E-state index contributed by atoms with van der Waals surface area (Å²) in [5, 5.41) is 9.92. The number of phenolic OH excluding ortho intramolecular Hbond substituents is 1. The van der Waals surface area contributed by atoms with E-state index in [0.717, 1.165) is 26.1 Å². The molecule has 0 aliphatic carbocycles. The molecule has 0 radical (unpaired) electrons. The zero-order valence-electron chi connectivity index (χ0n) is 16.7. The molecule has 2 aliphatic rings. The highest BCUT2D eigenvalue weighted by molar-refractivity contribution is 5.68. The number of piperazine rings is 1. The number of rotatable bonds is 1. The molecule has 1 aromatic rings. The van der Waals surface area contributed by atoms with Gasteiger partial charge in [-0.05, 0) is 56.2 Å². The summed E-state index contributed by atoms with van der Waals surface area (Å²) >= 11 is 0. The van der Waals surface area contributed by atoms with Crippen molar-refractivity contribution in [2.75, 3.05) is 26.2 Å². The predicted molar refractivity (Wildman–Crippen MR) is 102 cm³/mol. The summed E-state index contributed by atoms with van der Waals surface area (Å²) < 4.78 is 5.57. The maximum absolute atomic E-state index is 12.5. The lowest BCUT2D eigenvalue weighted by Crippen LogP contribution is -2.62. The number of amides is 1. The number of hydrogen-bond acceptors (Lipinski definition) is 4. The van der Waals surface area contributed by atoms with Gasteiger partial charge in [0.15, 0.2) is 0 Å². The summed E-state index contributed by atoms with van der Waals surface area (Å²) in [5.41, 5.74) is 0.696. The van der Waals surface area contributed by atoms with Gasteiger partial charge in [-0.3, -0.25) is 4.90 Å². The highest BCUT2D eigenvalue weighted by atomic mass is 16.6. The lowest BCUT2D eigenvalue weighted by molar-refractivity contribution is -0.0228. The molecular weight excluding hydrogens is 328 g/mol. The van der Waals surface area contributed by atoms with Gasteiger partial charge < -0.3 is 14.7 Å². The van der Waals surface area contributed by atoms with Crippen molar-refractivity contribution in [3.63, 3.8) is 0 Å². The van der Waals surface area contributed by atoms with Crippen LogP contribution < -0.4 is 0 Å². The van der Waals surface area contributed by atoms with Gasteiger partial charge in [-0.15, -0.1) is 0 Å². The van der Waals surface area contributed by atoms with E-state index in [-0.39, 0.29) is 11.5 Å². The van der Waals surface area contributed by atoms with Gasteiger partial charge in [0.25, 0.3) is 0 Å². The van der Waals surface area contributed by atoms with E-state index in [1.807, 2.05) is 37.8 Å². The van der Waals surface area contributed by atoms with Gasteiger partial charge in [0.2, 0.25) is 0 Å². The van der Waals surface area contributed by atoms with Crippen molar-refractivity contribution < 1.29 is 14.6 Å². The first kappa shape index (κ1) is 19.0. The van der Waals surface area contributed by atoms with Crippen LogP contribution in [0.4, 0.5) is 4.79 Å². The van der Waals surface area contributed by atoms with Gasteiger partial charge in [0, 0.05) is 32.2 Å². The topological polar surface area (TPSA) is 53.0 Å². The molecule has 144 valence electrons. The Labute approximate surface area is 156 Å². The Morgan fingerprint density at radius 2 is 2.00 bits per heavy atom. The second-order valence-corrected chi connectivity index (χ2v) is 9.15. The van der Waals surface area contributed by atoms with E-state index >= 15 is 0 Å². The van der Waals surface area contributed by atoms with Gasteiger partial charge >= 0.3 is 6.09 Å².